The molecule has 1 aliphatic rings. The van der Waals surface area contributed by atoms with Crippen LogP contribution in [0.3, 0.4) is 0 Å². The van der Waals surface area contributed by atoms with Crippen LogP contribution in [0.4, 0.5) is 5.69 Å². The molecule has 0 spiro atoms. The molecule has 6 heteroatoms. The number of aromatic nitrogens is 1. The average molecular weight is 377 g/mol. The number of anilines is 1. The summed E-state index contributed by atoms with van der Waals surface area (Å²) in [5.41, 5.74) is 1.31. The fraction of sp³-hybridized carbons (Fsp3) is 0.263. The van der Waals surface area contributed by atoms with E-state index in [1.807, 2.05) is 6.07 Å². The summed E-state index contributed by atoms with van der Waals surface area (Å²) in [6.45, 7) is 0.352. The first-order chi connectivity index (χ1) is 12.0. The molecule has 1 amide bonds. The Morgan fingerprint density at radius 2 is 2.04 bits per heavy atom. The normalized spacial score (nSPS) is 16.2. The van der Waals surface area contributed by atoms with Gasteiger partial charge >= 0.3 is 0 Å². The molecular weight excluding hydrogens is 359 g/mol. The van der Waals surface area contributed by atoms with Crippen molar-refractivity contribution in [1.82, 2.24) is 4.57 Å². The van der Waals surface area contributed by atoms with Gasteiger partial charge in [-0.25, -0.2) is 0 Å². The number of halogens is 2. The Hall–Kier alpha value is -2.04. The molecule has 1 aliphatic carbocycles. The van der Waals surface area contributed by atoms with Crippen molar-refractivity contribution in [2.24, 2.45) is 5.92 Å². The lowest BCUT2D eigenvalue weighted by Crippen LogP contribution is -2.21. The monoisotopic (exact) mass is 376 g/mol. The Labute approximate surface area is 156 Å². The van der Waals surface area contributed by atoms with Gasteiger partial charge in [0.2, 0.25) is 5.91 Å². The average Bonchev–Trinajstić information content (AvgIpc) is 3.07. The van der Waals surface area contributed by atoms with Gasteiger partial charge in [-0.2, -0.15) is 0 Å². The predicted molar refractivity (Wildman–Crippen MR) is 101 cm³/mol. The van der Waals surface area contributed by atoms with Gasteiger partial charge in [0.05, 0.1) is 22.3 Å². The number of rotatable bonds is 5. The lowest BCUT2D eigenvalue weighted by Gasteiger charge is -2.11. The molecule has 0 radical (unpaired) electrons. The molecule has 0 unspecified atom stereocenters. The van der Waals surface area contributed by atoms with Crippen LogP contribution in [-0.4, -0.2) is 10.5 Å². The summed E-state index contributed by atoms with van der Waals surface area (Å²) in [7, 11) is 0. The maximum atomic E-state index is 12.1. The van der Waals surface area contributed by atoms with Crippen LogP contribution in [0.15, 0.2) is 53.5 Å². The molecule has 25 heavy (non-hydrogen) atoms. The van der Waals surface area contributed by atoms with Gasteiger partial charge in [-0.1, -0.05) is 41.4 Å². The Balaban J connectivity index is 1.71. The van der Waals surface area contributed by atoms with Crippen molar-refractivity contribution >= 4 is 34.8 Å². The first kappa shape index (κ1) is 17.8. The molecule has 0 bridgehead atoms. The highest BCUT2D eigenvalue weighted by atomic mass is 35.5. The third-order valence-electron chi connectivity index (χ3n) is 4.16. The minimum Gasteiger partial charge on any atom is -0.325 e. The number of carbonyl (C=O) groups excluding carboxylic acids is 1. The van der Waals surface area contributed by atoms with E-state index in [0.29, 0.717) is 34.6 Å². The number of benzene rings is 1. The lowest BCUT2D eigenvalue weighted by atomic mass is 10.1. The largest absolute Gasteiger partial charge is 0.325 e. The Bertz CT molecular complexity index is 874. The molecule has 1 heterocycles. The molecule has 4 nitrogen and oxygen atoms in total. The van der Waals surface area contributed by atoms with Crippen molar-refractivity contribution in [2.45, 2.75) is 25.8 Å². The molecule has 0 fully saturated rings. The highest BCUT2D eigenvalue weighted by Gasteiger charge is 2.14. The van der Waals surface area contributed by atoms with E-state index in [2.05, 4.69) is 17.5 Å². The summed E-state index contributed by atoms with van der Waals surface area (Å²) in [5, 5.41) is 3.78. The number of carbonyl (C=O) groups is 1. The molecule has 2 aromatic rings. The van der Waals surface area contributed by atoms with Crippen molar-refractivity contribution in [3.63, 3.8) is 0 Å². The van der Waals surface area contributed by atoms with Crippen LogP contribution < -0.4 is 10.9 Å². The van der Waals surface area contributed by atoms with Gasteiger partial charge in [-0.3, -0.25) is 9.59 Å². The third-order valence-corrected chi connectivity index (χ3v) is 4.90. The molecule has 1 aromatic heterocycles. The van der Waals surface area contributed by atoms with Crippen molar-refractivity contribution in [3.8, 4) is 0 Å². The molecular formula is C19H18Cl2N2O2. The van der Waals surface area contributed by atoms with E-state index in [0.717, 1.165) is 18.4 Å². The maximum Gasteiger partial charge on any atom is 0.250 e. The molecule has 0 saturated carbocycles. The minimum absolute atomic E-state index is 0.0451. The second-order valence-corrected chi connectivity index (χ2v) is 6.96. The summed E-state index contributed by atoms with van der Waals surface area (Å²) in [6.07, 6.45) is 8.35. The molecule has 0 aliphatic heterocycles. The van der Waals surface area contributed by atoms with E-state index in [9.17, 15) is 9.59 Å². The van der Waals surface area contributed by atoms with Crippen LogP contribution in [-0.2, 0) is 11.3 Å². The molecule has 1 atom stereocenters. The summed E-state index contributed by atoms with van der Waals surface area (Å²) < 4.78 is 1.53. The van der Waals surface area contributed by atoms with Gasteiger partial charge in [-0.05, 0) is 42.5 Å². The zero-order valence-corrected chi connectivity index (χ0v) is 15.1. The van der Waals surface area contributed by atoms with Gasteiger partial charge in [-0.15, -0.1) is 0 Å². The number of pyridine rings is 1. The molecule has 0 saturated heterocycles. The second-order valence-electron chi connectivity index (χ2n) is 6.15. The Morgan fingerprint density at radius 3 is 2.76 bits per heavy atom. The van der Waals surface area contributed by atoms with Crippen LogP contribution >= 0.6 is 23.2 Å². The number of allylic oxidation sites excluding steroid dienone is 2. The van der Waals surface area contributed by atoms with Crippen molar-refractivity contribution < 1.29 is 4.79 Å². The highest BCUT2D eigenvalue weighted by molar-refractivity contribution is 6.42. The van der Waals surface area contributed by atoms with Gasteiger partial charge in [0.25, 0.3) is 5.56 Å². The standard InChI is InChI=1S/C19H18Cl2N2O2/c20-16-7-5-14(9-17(16)21)11-23-12-15(6-8-19(23)25)22-18(24)10-13-3-1-2-4-13/h1,3,5-9,12-13H,2,4,10-11H2,(H,22,24)/t13-/m0/s1. The molecule has 1 aromatic carbocycles. The van der Waals surface area contributed by atoms with E-state index in [4.69, 9.17) is 23.2 Å². The quantitative estimate of drug-likeness (QED) is 0.781. The minimum atomic E-state index is -0.150. The maximum absolute atomic E-state index is 12.1. The number of nitrogens with one attached hydrogen (secondary N) is 1. The number of amides is 1. The Kier molecular flexibility index (Phi) is 5.61. The molecule has 3 rings (SSSR count). The fourth-order valence-electron chi connectivity index (χ4n) is 2.88. The van der Waals surface area contributed by atoms with Gasteiger partial charge in [0.1, 0.15) is 0 Å². The topological polar surface area (TPSA) is 51.1 Å². The summed E-state index contributed by atoms with van der Waals surface area (Å²) in [4.78, 5) is 24.2. The van der Waals surface area contributed by atoms with Gasteiger partial charge in [0, 0.05) is 18.7 Å². The van der Waals surface area contributed by atoms with Crippen LogP contribution in [0.5, 0.6) is 0 Å². The van der Waals surface area contributed by atoms with E-state index < -0.39 is 0 Å². The number of hydrogen-bond donors (Lipinski definition) is 1. The summed E-state index contributed by atoms with van der Waals surface area (Å²) in [6, 6.07) is 8.32. The van der Waals surface area contributed by atoms with E-state index >= 15 is 0 Å². The smallest absolute Gasteiger partial charge is 0.250 e. The van der Waals surface area contributed by atoms with Crippen LogP contribution in [0, 0.1) is 5.92 Å². The second kappa shape index (κ2) is 7.89. The first-order valence-electron chi connectivity index (χ1n) is 8.12. The van der Waals surface area contributed by atoms with E-state index in [1.54, 1.807) is 24.4 Å². The van der Waals surface area contributed by atoms with Gasteiger partial charge < -0.3 is 9.88 Å². The van der Waals surface area contributed by atoms with Crippen molar-refractivity contribution in [3.05, 3.63) is 74.6 Å². The number of nitrogens with zero attached hydrogens (tertiary/aromatic N) is 1. The molecule has 130 valence electrons. The van der Waals surface area contributed by atoms with E-state index in [-0.39, 0.29) is 11.5 Å². The third kappa shape index (κ3) is 4.74. The van der Waals surface area contributed by atoms with Crippen molar-refractivity contribution in [2.75, 3.05) is 5.32 Å². The van der Waals surface area contributed by atoms with Gasteiger partial charge in [0.15, 0.2) is 0 Å². The Morgan fingerprint density at radius 1 is 1.20 bits per heavy atom. The summed E-state index contributed by atoms with van der Waals surface area (Å²) >= 11 is 11.9. The predicted octanol–water partition coefficient (Wildman–Crippen LogP) is 4.50. The van der Waals surface area contributed by atoms with Crippen LogP contribution in [0.25, 0.3) is 0 Å². The highest BCUT2D eigenvalue weighted by Crippen LogP contribution is 2.23. The lowest BCUT2D eigenvalue weighted by molar-refractivity contribution is -0.116. The first-order valence-corrected chi connectivity index (χ1v) is 8.88. The fourth-order valence-corrected chi connectivity index (χ4v) is 3.20. The van der Waals surface area contributed by atoms with E-state index in [1.165, 1.54) is 10.6 Å². The number of hydrogen-bond acceptors (Lipinski definition) is 2. The zero-order valence-electron chi connectivity index (χ0n) is 13.5. The molecule has 1 N–H and O–H groups in total. The van der Waals surface area contributed by atoms with Crippen LogP contribution in [0.2, 0.25) is 10.0 Å². The SMILES string of the molecule is O=C(C[C@H]1C=CCC1)Nc1ccc(=O)n(Cc2ccc(Cl)c(Cl)c2)c1. The zero-order chi connectivity index (χ0) is 17.8. The van der Waals surface area contributed by atoms with Crippen molar-refractivity contribution in [1.29, 1.82) is 0 Å². The van der Waals surface area contributed by atoms with Crippen LogP contribution in [0.1, 0.15) is 24.8 Å². The summed E-state index contributed by atoms with van der Waals surface area (Å²) in [5.74, 6) is 0.262.